The van der Waals surface area contributed by atoms with Crippen molar-refractivity contribution in [3.8, 4) is 22.6 Å². The molecule has 1 aliphatic heterocycles. The van der Waals surface area contributed by atoms with Crippen LogP contribution in [-0.2, 0) is 16.3 Å². The SMILES string of the molecule is Cc1oc(-c2ccc(-c3ccc(S(C)(=O)=O)cc3)cc2)nc1CCC1(F)CCNC1. The summed E-state index contributed by atoms with van der Waals surface area (Å²) in [6, 6.07) is 14.6. The molecule has 3 aromatic rings. The summed E-state index contributed by atoms with van der Waals surface area (Å²) in [4.78, 5) is 4.89. The molecule has 0 amide bonds. The lowest BCUT2D eigenvalue weighted by Crippen LogP contribution is -2.26. The van der Waals surface area contributed by atoms with Gasteiger partial charge in [-0.1, -0.05) is 24.3 Å². The van der Waals surface area contributed by atoms with E-state index in [4.69, 9.17) is 4.42 Å². The molecule has 2 heterocycles. The lowest BCUT2D eigenvalue weighted by atomic mass is 9.97. The number of benzene rings is 2. The van der Waals surface area contributed by atoms with Crippen LogP contribution in [-0.4, -0.2) is 38.4 Å². The van der Waals surface area contributed by atoms with E-state index in [0.717, 1.165) is 34.7 Å². The van der Waals surface area contributed by atoms with Gasteiger partial charge in [-0.2, -0.15) is 0 Å². The molecule has 0 spiro atoms. The maximum Gasteiger partial charge on any atom is 0.226 e. The quantitative estimate of drug-likeness (QED) is 0.632. The molecule has 0 bridgehead atoms. The van der Waals surface area contributed by atoms with E-state index in [2.05, 4.69) is 10.3 Å². The standard InChI is InChI=1S/C23H25FN2O3S/c1-16-21(11-12-23(24)13-14-25-15-23)26-22(29-16)19-5-3-17(4-6-19)18-7-9-20(10-8-18)30(2,27)28/h3-10,25H,11-15H2,1-2H3. The van der Waals surface area contributed by atoms with Crippen LogP contribution >= 0.6 is 0 Å². The Morgan fingerprint density at radius 3 is 2.23 bits per heavy atom. The zero-order valence-corrected chi connectivity index (χ0v) is 17.9. The minimum atomic E-state index is -3.21. The second-order valence-corrected chi connectivity index (χ2v) is 9.99. The number of hydrogen-bond donors (Lipinski definition) is 1. The number of nitrogens with zero attached hydrogens (tertiary/aromatic N) is 1. The van der Waals surface area contributed by atoms with Gasteiger partial charge in [-0.15, -0.1) is 0 Å². The second-order valence-electron chi connectivity index (χ2n) is 7.97. The highest BCUT2D eigenvalue weighted by atomic mass is 32.2. The average molecular weight is 429 g/mol. The number of hydrogen-bond acceptors (Lipinski definition) is 5. The maximum absolute atomic E-state index is 14.6. The van der Waals surface area contributed by atoms with Gasteiger partial charge in [-0.05, 0) is 68.1 Å². The Balaban J connectivity index is 1.49. The van der Waals surface area contributed by atoms with Crippen molar-refractivity contribution in [3.63, 3.8) is 0 Å². The van der Waals surface area contributed by atoms with Crippen molar-refractivity contribution in [3.05, 3.63) is 60.0 Å². The number of sulfone groups is 1. The van der Waals surface area contributed by atoms with Crippen LogP contribution in [0.1, 0.15) is 24.3 Å². The first-order chi connectivity index (χ1) is 14.2. The van der Waals surface area contributed by atoms with Crippen LogP contribution in [0.2, 0.25) is 0 Å². The van der Waals surface area contributed by atoms with Crippen LogP contribution in [0, 0.1) is 6.92 Å². The average Bonchev–Trinajstić information content (AvgIpc) is 3.32. The first-order valence-electron chi connectivity index (χ1n) is 10.0. The lowest BCUT2D eigenvalue weighted by Gasteiger charge is -2.16. The normalized spacial score (nSPS) is 19.3. The van der Waals surface area contributed by atoms with Crippen molar-refractivity contribution in [1.29, 1.82) is 0 Å². The smallest absolute Gasteiger partial charge is 0.226 e. The Morgan fingerprint density at radius 1 is 1.07 bits per heavy atom. The van der Waals surface area contributed by atoms with Gasteiger partial charge in [0.05, 0.1) is 10.6 Å². The monoisotopic (exact) mass is 428 g/mol. The van der Waals surface area contributed by atoms with Gasteiger partial charge in [0.2, 0.25) is 5.89 Å². The first kappa shape index (κ1) is 20.8. The highest BCUT2D eigenvalue weighted by Gasteiger charge is 2.33. The third kappa shape index (κ3) is 4.47. The maximum atomic E-state index is 14.6. The van der Waals surface area contributed by atoms with E-state index >= 15 is 0 Å². The highest BCUT2D eigenvalue weighted by Crippen LogP contribution is 2.29. The van der Waals surface area contributed by atoms with Crippen LogP contribution in [0.15, 0.2) is 57.8 Å². The van der Waals surface area contributed by atoms with Crippen LogP contribution < -0.4 is 5.32 Å². The van der Waals surface area contributed by atoms with Gasteiger partial charge in [0, 0.05) is 18.4 Å². The third-order valence-corrected chi connectivity index (χ3v) is 6.77. The number of halogens is 1. The fourth-order valence-corrected chi connectivity index (χ4v) is 4.38. The number of rotatable bonds is 6. The molecule has 2 aromatic carbocycles. The number of alkyl halides is 1. The highest BCUT2D eigenvalue weighted by molar-refractivity contribution is 7.90. The summed E-state index contributed by atoms with van der Waals surface area (Å²) in [7, 11) is -3.21. The van der Waals surface area contributed by atoms with Crippen molar-refractivity contribution < 1.29 is 17.2 Å². The van der Waals surface area contributed by atoms with E-state index < -0.39 is 15.5 Å². The first-order valence-corrected chi connectivity index (χ1v) is 11.9. The van der Waals surface area contributed by atoms with E-state index in [9.17, 15) is 12.8 Å². The van der Waals surface area contributed by atoms with Crippen molar-refractivity contribution in [1.82, 2.24) is 10.3 Å². The minimum absolute atomic E-state index is 0.300. The fourth-order valence-electron chi connectivity index (χ4n) is 3.75. The fraction of sp³-hybridized carbons (Fsp3) is 0.348. The molecule has 1 atom stereocenters. The van der Waals surface area contributed by atoms with Crippen LogP contribution in [0.5, 0.6) is 0 Å². The van der Waals surface area contributed by atoms with Crippen LogP contribution in [0.3, 0.4) is 0 Å². The minimum Gasteiger partial charge on any atom is -0.441 e. The molecule has 1 aliphatic rings. The Labute approximate surface area is 176 Å². The molecule has 1 saturated heterocycles. The van der Waals surface area contributed by atoms with Crippen molar-refractivity contribution >= 4 is 9.84 Å². The molecule has 0 saturated carbocycles. The number of nitrogens with one attached hydrogen (secondary N) is 1. The summed E-state index contributed by atoms with van der Waals surface area (Å²) in [5, 5.41) is 3.08. The summed E-state index contributed by atoms with van der Waals surface area (Å²) in [5.41, 5.74) is 2.39. The predicted molar refractivity (Wildman–Crippen MR) is 115 cm³/mol. The van der Waals surface area contributed by atoms with E-state index in [0.29, 0.717) is 36.6 Å². The number of aryl methyl sites for hydroxylation is 2. The van der Waals surface area contributed by atoms with E-state index in [-0.39, 0.29) is 0 Å². The zero-order chi connectivity index (χ0) is 21.4. The van der Waals surface area contributed by atoms with Gasteiger partial charge in [0.25, 0.3) is 0 Å². The van der Waals surface area contributed by atoms with Crippen LogP contribution in [0.4, 0.5) is 4.39 Å². The van der Waals surface area contributed by atoms with Gasteiger partial charge in [0.1, 0.15) is 11.4 Å². The number of oxazole rings is 1. The molecule has 0 radical (unpaired) electrons. The van der Waals surface area contributed by atoms with Gasteiger partial charge < -0.3 is 9.73 Å². The Kier molecular flexibility index (Phi) is 5.51. The number of aromatic nitrogens is 1. The zero-order valence-electron chi connectivity index (χ0n) is 17.1. The molecule has 1 unspecified atom stereocenters. The summed E-state index contributed by atoms with van der Waals surface area (Å²) in [6.07, 6.45) is 2.73. The van der Waals surface area contributed by atoms with Gasteiger partial charge in [-0.25, -0.2) is 17.8 Å². The van der Waals surface area contributed by atoms with Crippen molar-refractivity contribution in [2.24, 2.45) is 0 Å². The molecule has 158 valence electrons. The molecule has 1 fully saturated rings. The lowest BCUT2D eigenvalue weighted by molar-refractivity contribution is 0.176. The van der Waals surface area contributed by atoms with E-state index in [1.807, 2.05) is 31.2 Å². The summed E-state index contributed by atoms with van der Waals surface area (Å²) in [5.74, 6) is 1.25. The molecule has 5 nitrogen and oxygen atoms in total. The molecule has 1 N–H and O–H groups in total. The van der Waals surface area contributed by atoms with E-state index in [1.165, 1.54) is 6.26 Å². The predicted octanol–water partition coefficient (Wildman–Crippen LogP) is 4.35. The van der Waals surface area contributed by atoms with Crippen molar-refractivity contribution in [2.75, 3.05) is 19.3 Å². The Morgan fingerprint density at radius 2 is 1.67 bits per heavy atom. The van der Waals surface area contributed by atoms with Crippen LogP contribution in [0.25, 0.3) is 22.6 Å². The van der Waals surface area contributed by atoms with Gasteiger partial charge in [-0.3, -0.25) is 0 Å². The molecular weight excluding hydrogens is 403 g/mol. The largest absolute Gasteiger partial charge is 0.441 e. The molecule has 1 aromatic heterocycles. The topological polar surface area (TPSA) is 72.2 Å². The third-order valence-electron chi connectivity index (χ3n) is 5.64. The molecule has 30 heavy (non-hydrogen) atoms. The summed E-state index contributed by atoms with van der Waals surface area (Å²) >= 11 is 0. The molecule has 0 aliphatic carbocycles. The Hall–Kier alpha value is -2.51. The molecular formula is C23H25FN2O3S. The Bertz CT molecular complexity index is 1130. The van der Waals surface area contributed by atoms with Crippen molar-refractivity contribution in [2.45, 2.75) is 36.8 Å². The van der Waals surface area contributed by atoms with Gasteiger partial charge >= 0.3 is 0 Å². The summed E-state index contributed by atoms with van der Waals surface area (Å²) in [6.45, 7) is 2.99. The van der Waals surface area contributed by atoms with Gasteiger partial charge in [0.15, 0.2) is 9.84 Å². The molecule has 4 rings (SSSR count). The second kappa shape index (κ2) is 7.96. The van der Waals surface area contributed by atoms with E-state index in [1.54, 1.807) is 24.3 Å². The molecule has 7 heteroatoms. The summed E-state index contributed by atoms with van der Waals surface area (Å²) < 4.78 is 43.7.